The van der Waals surface area contributed by atoms with E-state index in [0.717, 1.165) is 66.7 Å². The minimum atomic E-state index is 0. The summed E-state index contributed by atoms with van der Waals surface area (Å²) in [5, 5.41) is 9.59. The van der Waals surface area contributed by atoms with Gasteiger partial charge < -0.3 is 15.1 Å². The molecule has 0 spiro atoms. The average Bonchev–Trinajstić information content (AvgIpc) is 3.31. The summed E-state index contributed by atoms with van der Waals surface area (Å²) in [6, 6.07) is 13.7. The van der Waals surface area contributed by atoms with E-state index in [0.29, 0.717) is 23.7 Å². The number of nitrogens with one attached hydrogen (secondary N) is 1. The van der Waals surface area contributed by atoms with E-state index < -0.39 is 0 Å². The summed E-state index contributed by atoms with van der Waals surface area (Å²) < 4.78 is 1.95. The van der Waals surface area contributed by atoms with Crippen molar-refractivity contribution in [2.24, 2.45) is 0 Å². The summed E-state index contributed by atoms with van der Waals surface area (Å²) in [5.41, 5.74) is 4.77. The highest BCUT2D eigenvalue weighted by Crippen LogP contribution is 2.33. The Balaban J connectivity index is 0.00000289. The van der Waals surface area contributed by atoms with Crippen molar-refractivity contribution in [3.05, 3.63) is 75.5 Å². The fraction of sp³-hybridized carbons (Fsp3) is 0.385. The van der Waals surface area contributed by atoms with Crippen LogP contribution in [0.2, 0.25) is 10.0 Å². The Morgan fingerprint density at radius 1 is 1.00 bits per heavy atom. The van der Waals surface area contributed by atoms with Gasteiger partial charge in [0.15, 0.2) is 0 Å². The molecule has 9 heteroatoms. The number of carbonyl (C=O) groups excluding carboxylic acids is 1. The highest BCUT2D eigenvalue weighted by Gasteiger charge is 2.31. The lowest BCUT2D eigenvalue weighted by atomic mass is 9.91. The molecule has 1 amide bonds. The number of amides is 1. The average molecular weight is 535 g/mol. The van der Waals surface area contributed by atoms with E-state index in [1.807, 2.05) is 59.0 Å². The van der Waals surface area contributed by atoms with Crippen LogP contribution in [0.25, 0.3) is 5.69 Å². The quantitative estimate of drug-likeness (QED) is 0.491. The third kappa shape index (κ3) is 5.31. The maximum atomic E-state index is 13.7. The number of piperazine rings is 1. The molecule has 0 radical (unpaired) electrons. The molecule has 1 aromatic heterocycles. The number of hydrogen-bond acceptors (Lipinski definition) is 4. The summed E-state index contributed by atoms with van der Waals surface area (Å²) in [4.78, 5) is 18.0. The van der Waals surface area contributed by atoms with Gasteiger partial charge in [-0.05, 0) is 74.8 Å². The van der Waals surface area contributed by atoms with Crippen LogP contribution in [-0.4, -0.2) is 59.9 Å². The van der Waals surface area contributed by atoms with Gasteiger partial charge in [0.2, 0.25) is 0 Å². The minimum absolute atomic E-state index is 0. The predicted molar refractivity (Wildman–Crippen MR) is 145 cm³/mol. The van der Waals surface area contributed by atoms with E-state index in [4.69, 9.17) is 28.3 Å². The van der Waals surface area contributed by atoms with E-state index in [2.05, 4.69) is 10.2 Å². The number of nitrogens with zero attached hydrogens (tertiary/aromatic N) is 4. The molecular formula is C26H30Cl3N5O. The van der Waals surface area contributed by atoms with Crippen LogP contribution in [0, 0.1) is 6.92 Å². The molecular weight excluding hydrogens is 505 g/mol. The smallest absolute Gasteiger partial charge is 0.257 e. The van der Waals surface area contributed by atoms with Gasteiger partial charge in [-0.2, -0.15) is 5.10 Å². The van der Waals surface area contributed by atoms with Crippen molar-refractivity contribution in [3.8, 4) is 5.69 Å². The van der Waals surface area contributed by atoms with Crippen LogP contribution >= 0.6 is 35.6 Å². The molecule has 0 saturated carbocycles. The van der Waals surface area contributed by atoms with Crippen LogP contribution in [0.15, 0.2) is 48.7 Å². The number of rotatable bonds is 4. The number of benzene rings is 2. The Hall–Kier alpha value is -2.25. The highest BCUT2D eigenvalue weighted by molar-refractivity contribution is 6.31. The maximum absolute atomic E-state index is 13.7. The van der Waals surface area contributed by atoms with Crippen molar-refractivity contribution in [3.63, 3.8) is 0 Å². The number of halogens is 3. The molecule has 2 aliphatic heterocycles. The van der Waals surface area contributed by atoms with Gasteiger partial charge in [-0.25, -0.2) is 4.68 Å². The Labute approximate surface area is 222 Å². The van der Waals surface area contributed by atoms with Crippen molar-refractivity contribution >= 4 is 47.2 Å². The first-order chi connectivity index (χ1) is 16.5. The lowest BCUT2D eigenvalue weighted by molar-refractivity contribution is 0.0744. The van der Waals surface area contributed by atoms with Crippen molar-refractivity contribution < 1.29 is 4.79 Å². The summed E-state index contributed by atoms with van der Waals surface area (Å²) in [6.45, 7) is 6.82. The molecule has 0 atom stereocenters. The van der Waals surface area contributed by atoms with Crippen molar-refractivity contribution in [2.75, 3.05) is 44.2 Å². The standard InChI is InChI=1S/C26H29Cl2N5O.ClH/c1-18-23(28)3-2-4-24(18)33-25(19-9-11-29-12-10-19)22(17-30-33)26(34)32-15-13-31(14-16-32)21-7-5-20(27)6-8-21;/h2-8,17,19,29H,9-16H2,1H3;1H. The van der Waals surface area contributed by atoms with E-state index in [1.54, 1.807) is 6.20 Å². The normalized spacial score (nSPS) is 16.8. The van der Waals surface area contributed by atoms with Gasteiger partial charge in [0.25, 0.3) is 5.91 Å². The number of anilines is 1. The molecule has 2 fully saturated rings. The first-order valence-corrected chi connectivity index (χ1v) is 12.6. The topological polar surface area (TPSA) is 53.4 Å². The first kappa shape index (κ1) is 25.8. The van der Waals surface area contributed by atoms with E-state index in [9.17, 15) is 4.79 Å². The fourth-order valence-electron chi connectivity index (χ4n) is 5.02. The van der Waals surface area contributed by atoms with Gasteiger partial charge in [-0.3, -0.25) is 4.79 Å². The van der Waals surface area contributed by atoms with Crippen molar-refractivity contribution in [1.82, 2.24) is 20.0 Å². The summed E-state index contributed by atoms with van der Waals surface area (Å²) in [5.74, 6) is 0.339. The molecule has 5 rings (SSSR count). The van der Waals surface area contributed by atoms with Gasteiger partial charge in [-0.1, -0.05) is 29.3 Å². The molecule has 6 nitrogen and oxygen atoms in total. The van der Waals surface area contributed by atoms with Gasteiger partial charge in [0.05, 0.1) is 23.1 Å². The number of piperidine rings is 1. The van der Waals surface area contributed by atoms with Crippen LogP contribution in [-0.2, 0) is 0 Å². The second kappa shape index (κ2) is 11.2. The molecule has 0 bridgehead atoms. The van der Waals surface area contributed by atoms with Gasteiger partial charge in [-0.15, -0.1) is 12.4 Å². The Morgan fingerprint density at radius 3 is 2.37 bits per heavy atom. The fourth-order valence-corrected chi connectivity index (χ4v) is 5.31. The Morgan fingerprint density at radius 2 is 1.69 bits per heavy atom. The molecule has 0 aliphatic carbocycles. The zero-order chi connectivity index (χ0) is 23.7. The highest BCUT2D eigenvalue weighted by atomic mass is 35.5. The molecule has 3 aromatic rings. The molecule has 2 aliphatic rings. The minimum Gasteiger partial charge on any atom is -0.368 e. The van der Waals surface area contributed by atoms with E-state index in [-0.39, 0.29) is 24.2 Å². The molecule has 1 N–H and O–H groups in total. The lowest BCUT2D eigenvalue weighted by Crippen LogP contribution is -2.49. The molecule has 35 heavy (non-hydrogen) atoms. The van der Waals surface area contributed by atoms with Crippen LogP contribution < -0.4 is 10.2 Å². The monoisotopic (exact) mass is 533 g/mol. The van der Waals surface area contributed by atoms with Gasteiger partial charge in [0, 0.05) is 47.8 Å². The summed E-state index contributed by atoms with van der Waals surface area (Å²) >= 11 is 12.5. The number of hydrogen-bond donors (Lipinski definition) is 1. The second-order valence-electron chi connectivity index (χ2n) is 9.02. The Kier molecular flexibility index (Phi) is 8.27. The van der Waals surface area contributed by atoms with E-state index in [1.165, 1.54) is 0 Å². The molecule has 3 heterocycles. The van der Waals surface area contributed by atoms with Gasteiger partial charge in [0.1, 0.15) is 0 Å². The largest absolute Gasteiger partial charge is 0.368 e. The SMILES string of the molecule is Cc1c(Cl)cccc1-n1ncc(C(=O)N2CCN(c3ccc(Cl)cc3)CC2)c1C1CCNCC1.Cl. The second-order valence-corrected chi connectivity index (χ2v) is 9.86. The van der Waals surface area contributed by atoms with Crippen molar-refractivity contribution in [2.45, 2.75) is 25.7 Å². The van der Waals surface area contributed by atoms with Crippen LogP contribution in [0.3, 0.4) is 0 Å². The van der Waals surface area contributed by atoms with E-state index >= 15 is 0 Å². The maximum Gasteiger partial charge on any atom is 0.257 e. The molecule has 0 unspecified atom stereocenters. The molecule has 2 aromatic carbocycles. The number of carbonyl (C=O) groups is 1. The van der Waals surface area contributed by atoms with Crippen LogP contribution in [0.4, 0.5) is 5.69 Å². The molecule has 2 saturated heterocycles. The third-order valence-electron chi connectivity index (χ3n) is 6.99. The first-order valence-electron chi connectivity index (χ1n) is 11.9. The Bertz CT molecular complexity index is 1170. The molecule has 186 valence electrons. The predicted octanol–water partition coefficient (Wildman–Crippen LogP) is 5.34. The zero-order valence-electron chi connectivity index (χ0n) is 19.7. The van der Waals surface area contributed by atoms with Crippen molar-refractivity contribution in [1.29, 1.82) is 0 Å². The zero-order valence-corrected chi connectivity index (χ0v) is 22.0. The van der Waals surface area contributed by atoms with Crippen LogP contribution in [0.1, 0.15) is 40.4 Å². The lowest BCUT2D eigenvalue weighted by Gasteiger charge is -2.36. The summed E-state index contributed by atoms with van der Waals surface area (Å²) in [7, 11) is 0. The number of aromatic nitrogens is 2. The van der Waals surface area contributed by atoms with Gasteiger partial charge >= 0.3 is 0 Å². The van der Waals surface area contributed by atoms with Crippen LogP contribution in [0.5, 0.6) is 0 Å². The summed E-state index contributed by atoms with van der Waals surface area (Å²) in [6.07, 6.45) is 3.72. The third-order valence-corrected chi connectivity index (χ3v) is 7.65.